The molecule has 0 aromatic heterocycles. The van der Waals surface area contributed by atoms with E-state index in [1.165, 1.54) is 5.56 Å². The van der Waals surface area contributed by atoms with Crippen LogP contribution >= 0.6 is 0 Å². The first-order chi connectivity index (χ1) is 13.0. The number of carbonyl (C=O) groups excluding carboxylic acids is 1. The molecule has 0 aliphatic carbocycles. The van der Waals surface area contributed by atoms with Gasteiger partial charge in [0.1, 0.15) is 5.75 Å². The highest BCUT2D eigenvalue weighted by Crippen LogP contribution is 2.35. The zero-order valence-corrected chi connectivity index (χ0v) is 15.5. The Balaban J connectivity index is 2.06. The second kappa shape index (κ2) is 8.02. The highest BCUT2D eigenvalue weighted by molar-refractivity contribution is 5.90. The number of esters is 1. The minimum Gasteiger partial charge on any atom is -0.423 e. The van der Waals surface area contributed by atoms with Crippen molar-refractivity contribution in [1.29, 1.82) is 0 Å². The van der Waals surface area contributed by atoms with Gasteiger partial charge < -0.3 is 9.84 Å². The van der Waals surface area contributed by atoms with Crippen molar-refractivity contribution in [3.63, 3.8) is 0 Å². The maximum atomic E-state index is 12.1. The summed E-state index contributed by atoms with van der Waals surface area (Å²) in [4.78, 5) is 12.1. The van der Waals surface area contributed by atoms with Gasteiger partial charge in [0.05, 0.1) is 6.61 Å². The van der Waals surface area contributed by atoms with Gasteiger partial charge in [-0.05, 0) is 42.2 Å². The summed E-state index contributed by atoms with van der Waals surface area (Å²) in [5.74, 6) is 0.0297. The first-order valence-corrected chi connectivity index (χ1v) is 8.77. The quantitative estimate of drug-likeness (QED) is 0.382. The van der Waals surface area contributed by atoms with Crippen molar-refractivity contribution in [3.8, 4) is 28.0 Å². The number of aliphatic hydroxyl groups excluding tert-OH is 1. The predicted molar refractivity (Wildman–Crippen MR) is 108 cm³/mol. The molecule has 136 valence electrons. The predicted octanol–water partition coefficient (Wildman–Crippen LogP) is 5.30. The molecule has 0 fully saturated rings. The largest absolute Gasteiger partial charge is 0.423 e. The average Bonchev–Trinajstić information content (AvgIpc) is 2.68. The van der Waals surface area contributed by atoms with Gasteiger partial charge in [-0.2, -0.15) is 0 Å². The molecule has 0 unspecified atom stereocenters. The third-order valence-corrected chi connectivity index (χ3v) is 4.37. The SMILES string of the molecule is C=C(C)C(=O)Oc1cc(-c2ccc(C)cc2)ccc1-c1ccc(CO)cc1. The van der Waals surface area contributed by atoms with E-state index in [1.807, 2.05) is 61.5 Å². The molecule has 0 saturated carbocycles. The molecule has 0 spiro atoms. The Hall–Kier alpha value is -3.17. The highest BCUT2D eigenvalue weighted by Gasteiger charge is 2.13. The minimum atomic E-state index is -0.454. The molecule has 0 radical (unpaired) electrons. The van der Waals surface area contributed by atoms with E-state index in [1.54, 1.807) is 6.92 Å². The lowest BCUT2D eigenvalue weighted by atomic mass is 9.98. The van der Waals surface area contributed by atoms with Gasteiger partial charge in [-0.15, -0.1) is 0 Å². The van der Waals surface area contributed by atoms with E-state index in [0.717, 1.165) is 27.8 Å². The topological polar surface area (TPSA) is 46.5 Å². The second-order valence-electron chi connectivity index (χ2n) is 6.60. The monoisotopic (exact) mass is 358 g/mol. The zero-order valence-electron chi connectivity index (χ0n) is 15.5. The van der Waals surface area contributed by atoms with E-state index in [-0.39, 0.29) is 6.61 Å². The van der Waals surface area contributed by atoms with Crippen molar-refractivity contribution >= 4 is 5.97 Å². The lowest BCUT2D eigenvalue weighted by Gasteiger charge is -2.13. The minimum absolute atomic E-state index is 0.00978. The second-order valence-corrected chi connectivity index (χ2v) is 6.60. The molecule has 0 aliphatic rings. The van der Waals surface area contributed by atoms with E-state index >= 15 is 0 Å². The first-order valence-electron chi connectivity index (χ1n) is 8.77. The van der Waals surface area contributed by atoms with E-state index in [0.29, 0.717) is 11.3 Å². The lowest BCUT2D eigenvalue weighted by molar-refractivity contribution is -0.130. The van der Waals surface area contributed by atoms with Gasteiger partial charge in [-0.1, -0.05) is 72.8 Å². The maximum absolute atomic E-state index is 12.1. The molecule has 3 aromatic carbocycles. The number of hydrogen-bond donors (Lipinski definition) is 1. The van der Waals surface area contributed by atoms with Gasteiger partial charge in [0.15, 0.2) is 0 Å². The molecule has 27 heavy (non-hydrogen) atoms. The summed E-state index contributed by atoms with van der Waals surface area (Å²) >= 11 is 0. The molecule has 0 heterocycles. The standard InChI is InChI=1S/C24H22O3/c1-16(2)24(26)27-23-14-21(19-8-4-17(3)5-9-19)12-13-22(23)20-10-6-18(15-25)7-11-20/h4-14,25H,1,15H2,2-3H3. The molecule has 3 heteroatoms. The Morgan fingerprint density at radius 3 is 2.11 bits per heavy atom. The molecule has 3 aromatic rings. The Kier molecular flexibility index (Phi) is 5.53. The third kappa shape index (κ3) is 4.33. The molecular formula is C24H22O3. The van der Waals surface area contributed by atoms with Crippen molar-refractivity contribution in [3.05, 3.63) is 90.0 Å². The van der Waals surface area contributed by atoms with Gasteiger partial charge in [0.25, 0.3) is 0 Å². The van der Waals surface area contributed by atoms with Crippen LogP contribution < -0.4 is 4.74 Å². The molecule has 3 nitrogen and oxygen atoms in total. The third-order valence-electron chi connectivity index (χ3n) is 4.37. The summed E-state index contributed by atoms with van der Waals surface area (Å²) < 4.78 is 5.62. The van der Waals surface area contributed by atoms with Crippen LogP contribution in [0.5, 0.6) is 5.75 Å². The fraction of sp³-hybridized carbons (Fsp3) is 0.125. The van der Waals surface area contributed by atoms with Gasteiger partial charge in [0, 0.05) is 11.1 Å². The van der Waals surface area contributed by atoms with Crippen LogP contribution in [0.4, 0.5) is 0 Å². The van der Waals surface area contributed by atoms with E-state index in [9.17, 15) is 9.90 Å². The van der Waals surface area contributed by atoms with Crippen LogP contribution in [0.3, 0.4) is 0 Å². The van der Waals surface area contributed by atoms with E-state index < -0.39 is 5.97 Å². The van der Waals surface area contributed by atoms with Gasteiger partial charge >= 0.3 is 5.97 Å². The maximum Gasteiger partial charge on any atom is 0.338 e. The normalized spacial score (nSPS) is 10.5. The molecule has 0 amide bonds. The molecule has 0 saturated heterocycles. The highest BCUT2D eigenvalue weighted by atomic mass is 16.5. The molecule has 1 N–H and O–H groups in total. The van der Waals surface area contributed by atoms with Crippen LogP contribution in [-0.4, -0.2) is 11.1 Å². The Morgan fingerprint density at radius 2 is 1.52 bits per heavy atom. The van der Waals surface area contributed by atoms with Gasteiger partial charge in [-0.3, -0.25) is 0 Å². The van der Waals surface area contributed by atoms with Crippen molar-refractivity contribution in [2.45, 2.75) is 20.5 Å². The number of carbonyl (C=O) groups is 1. The summed E-state index contributed by atoms with van der Waals surface area (Å²) in [5.41, 5.74) is 6.10. The van der Waals surface area contributed by atoms with Crippen molar-refractivity contribution < 1.29 is 14.6 Å². The number of benzene rings is 3. The van der Waals surface area contributed by atoms with Crippen molar-refractivity contribution in [2.24, 2.45) is 0 Å². The Morgan fingerprint density at radius 1 is 0.926 bits per heavy atom. The first kappa shape index (κ1) is 18.6. The van der Waals surface area contributed by atoms with E-state index in [2.05, 4.69) is 18.7 Å². The summed E-state index contributed by atoms with van der Waals surface area (Å²) in [6.45, 7) is 7.33. The number of ether oxygens (including phenoxy) is 1. The van der Waals surface area contributed by atoms with Crippen LogP contribution in [0, 0.1) is 6.92 Å². The van der Waals surface area contributed by atoms with Crippen LogP contribution in [0.1, 0.15) is 18.1 Å². The number of aryl methyl sites for hydroxylation is 1. The molecule has 0 bridgehead atoms. The van der Waals surface area contributed by atoms with E-state index in [4.69, 9.17) is 4.74 Å². The molecule has 3 rings (SSSR count). The summed E-state index contributed by atoms with van der Waals surface area (Å²) in [6.07, 6.45) is 0. The molecule has 0 aliphatic heterocycles. The van der Waals surface area contributed by atoms with Crippen molar-refractivity contribution in [2.75, 3.05) is 0 Å². The average molecular weight is 358 g/mol. The lowest BCUT2D eigenvalue weighted by Crippen LogP contribution is -2.09. The summed E-state index contributed by atoms with van der Waals surface area (Å²) in [5, 5.41) is 9.24. The van der Waals surface area contributed by atoms with Crippen LogP contribution in [-0.2, 0) is 11.4 Å². The number of aliphatic hydroxyl groups is 1. The Labute approximate surface area is 159 Å². The van der Waals surface area contributed by atoms with Crippen LogP contribution in [0.25, 0.3) is 22.3 Å². The summed E-state index contributed by atoms with van der Waals surface area (Å²) in [6, 6.07) is 21.6. The zero-order chi connectivity index (χ0) is 19.4. The Bertz CT molecular complexity index is 968. The fourth-order valence-electron chi connectivity index (χ4n) is 2.75. The summed E-state index contributed by atoms with van der Waals surface area (Å²) in [7, 11) is 0. The molecular weight excluding hydrogens is 336 g/mol. The van der Waals surface area contributed by atoms with Gasteiger partial charge in [-0.25, -0.2) is 4.79 Å². The number of rotatable bonds is 5. The van der Waals surface area contributed by atoms with Crippen LogP contribution in [0.15, 0.2) is 78.9 Å². The fourth-order valence-corrected chi connectivity index (χ4v) is 2.75. The van der Waals surface area contributed by atoms with Crippen LogP contribution in [0.2, 0.25) is 0 Å². The molecule has 0 atom stereocenters. The smallest absolute Gasteiger partial charge is 0.338 e. The van der Waals surface area contributed by atoms with Crippen molar-refractivity contribution in [1.82, 2.24) is 0 Å². The van der Waals surface area contributed by atoms with Gasteiger partial charge in [0.2, 0.25) is 0 Å². The number of hydrogen-bond acceptors (Lipinski definition) is 3.